The smallest absolute Gasteiger partial charge is 0.315 e. The molecule has 0 heterocycles. The zero-order chi connectivity index (χ0) is 15.2. The molecule has 0 fully saturated rings. The van der Waals surface area contributed by atoms with Crippen LogP contribution < -0.4 is 4.74 Å². The summed E-state index contributed by atoms with van der Waals surface area (Å²) in [6.45, 7) is 0. The van der Waals surface area contributed by atoms with Crippen LogP contribution in [-0.4, -0.2) is 5.97 Å². The zero-order valence-electron chi connectivity index (χ0n) is 12.1. The number of benzene rings is 3. The van der Waals surface area contributed by atoms with E-state index in [1.54, 1.807) is 0 Å². The number of hydrogen-bond acceptors (Lipinski definition) is 2. The summed E-state index contributed by atoms with van der Waals surface area (Å²) in [6, 6.07) is 27.3. The van der Waals surface area contributed by atoms with Crippen molar-refractivity contribution in [3.8, 4) is 16.9 Å². The predicted octanol–water partition coefficient (Wildman–Crippen LogP) is 4.50. The SMILES string of the molecule is O=C(Cc1ccccc1)Oc1ccc(-c2ccccc2)cc1. The fourth-order valence-electron chi connectivity index (χ4n) is 2.28. The number of ether oxygens (including phenoxy) is 1. The Morgan fingerprint density at radius 3 is 1.86 bits per heavy atom. The number of esters is 1. The van der Waals surface area contributed by atoms with Gasteiger partial charge in [0.1, 0.15) is 5.75 Å². The van der Waals surface area contributed by atoms with Crippen LogP contribution in [-0.2, 0) is 11.2 Å². The maximum absolute atomic E-state index is 11.9. The lowest BCUT2D eigenvalue weighted by Gasteiger charge is -2.06. The number of rotatable bonds is 4. The van der Waals surface area contributed by atoms with E-state index >= 15 is 0 Å². The van der Waals surface area contributed by atoms with Gasteiger partial charge in [-0.05, 0) is 28.8 Å². The first-order valence-electron chi connectivity index (χ1n) is 7.21. The van der Waals surface area contributed by atoms with Crippen LogP contribution in [0.4, 0.5) is 0 Å². The molecule has 0 amide bonds. The fourth-order valence-corrected chi connectivity index (χ4v) is 2.28. The van der Waals surface area contributed by atoms with Gasteiger partial charge in [-0.15, -0.1) is 0 Å². The lowest BCUT2D eigenvalue weighted by Crippen LogP contribution is -2.11. The van der Waals surface area contributed by atoms with E-state index in [0.29, 0.717) is 5.75 Å². The molecule has 3 aromatic rings. The standard InChI is InChI=1S/C20H16O2/c21-20(15-16-7-3-1-4-8-16)22-19-13-11-18(12-14-19)17-9-5-2-6-10-17/h1-14H,15H2. The molecule has 0 aliphatic carbocycles. The van der Waals surface area contributed by atoms with E-state index in [-0.39, 0.29) is 12.4 Å². The van der Waals surface area contributed by atoms with Gasteiger partial charge in [0.15, 0.2) is 0 Å². The Kier molecular flexibility index (Phi) is 4.30. The third-order valence-electron chi connectivity index (χ3n) is 3.38. The van der Waals surface area contributed by atoms with Crippen molar-refractivity contribution in [2.24, 2.45) is 0 Å². The van der Waals surface area contributed by atoms with Crippen molar-refractivity contribution in [3.63, 3.8) is 0 Å². The first kappa shape index (κ1) is 14.1. The highest BCUT2D eigenvalue weighted by atomic mass is 16.5. The molecule has 0 saturated carbocycles. The van der Waals surface area contributed by atoms with Gasteiger partial charge in [-0.3, -0.25) is 4.79 Å². The van der Waals surface area contributed by atoms with E-state index in [9.17, 15) is 4.79 Å². The maximum atomic E-state index is 11.9. The molecular formula is C20H16O2. The summed E-state index contributed by atoms with van der Waals surface area (Å²) >= 11 is 0. The van der Waals surface area contributed by atoms with Gasteiger partial charge in [-0.2, -0.15) is 0 Å². The summed E-state index contributed by atoms with van der Waals surface area (Å²) in [5.41, 5.74) is 3.20. The van der Waals surface area contributed by atoms with Gasteiger partial charge in [-0.1, -0.05) is 72.8 Å². The molecule has 0 saturated heterocycles. The summed E-state index contributed by atoms with van der Waals surface area (Å²) in [6.07, 6.45) is 0.279. The second kappa shape index (κ2) is 6.72. The predicted molar refractivity (Wildman–Crippen MR) is 87.7 cm³/mol. The van der Waals surface area contributed by atoms with Crippen molar-refractivity contribution in [3.05, 3.63) is 90.5 Å². The Labute approximate surface area is 130 Å². The molecule has 0 aliphatic rings. The molecule has 3 rings (SSSR count). The first-order chi connectivity index (χ1) is 10.8. The normalized spacial score (nSPS) is 10.2. The van der Waals surface area contributed by atoms with Crippen molar-refractivity contribution < 1.29 is 9.53 Å². The van der Waals surface area contributed by atoms with Crippen molar-refractivity contribution in [2.45, 2.75) is 6.42 Å². The minimum atomic E-state index is -0.251. The Balaban J connectivity index is 1.65. The second-order valence-corrected chi connectivity index (χ2v) is 5.03. The molecule has 0 aromatic heterocycles. The lowest BCUT2D eigenvalue weighted by atomic mass is 10.1. The Morgan fingerprint density at radius 1 is 0.682 bits per heavy atom. The van der Waals surface area contributed by atoms with Crippen LogP contribution >= 0.6 is 0 Å². The second-order valence-electron chi connectivity index (χ2n) is 5.03. The van der Waals surface area contributed by atoms with E-state index < -0.39 is 0 Å². The van der Waals surface area contributed by atoms with Crippen molar-refractivity contribution in [1.29, 1.82) is 0 Å². The van der Waals surface area contributed by atoms with Crippen LogP contribution in [0, 0.1) is 0 Å². The van der Waals surface area contributed by atoms with Crippen molar-refractivity contribution in [2.75, 3.05) is 0 Å². The molecule has 3 aromatic carbocycles. The lowest BCUT2D eigenvalue weighted by molar-refractivity contribution is -0.133. The van der Waals surface area contributed by atoms with Gasteiger partial charge in [0, 0.05) is 0 Å². The molecule has 0 atom stereocenters. The average Bonchev–Trinajstić information content (AvgIpc) is 2.57. The summed E-state index contributed by atoms with van der Waals surface area (Å²) < 4.78 is 5.37. The van der Waals surface area contributed by atoms with Gasteiger partial charge in [-0.25, -0.2) is 0 Å². The van der Waals surface area contributed by atoms with Gasteiger partial charge < -0.3 is 4.74 Å². The maximum Gasteiger partial charge on any atom is 0.315 e. The molecule has 0 bridgehead atoms. The highest BCUT2D eigenvalue weighted by Crippen LogP contribution is 2.22. The van der Waals surface area contributed by atoms with E-state index in [2.05, 4.69) is 12.1 Å². The largest absolute Gasteiger partial charge is 0.426 e. The molecule has 0 unspecified atom stereocenters. The molecule has 0 spiro atoms. The molecule has 108 valence electrons. The van der Waals surface area contributed by atoms with E-state index in [1.165, 1.54) is 0 Å². The monoisotopic (exact) mass is 288 g/mol. The minimum Gasteiger partial charge on any atom is -0.426 e. The van der Waals surface area contributed by atoms with Crippen LogP contribution in [0.2, 0.25) is 0 Å². The number of carbonyl (C=O) groups excluding carboxylic acids is 1. The average molecular weight is 288 g/mol. The molecular weight excluding hydrogens is 272 g/mol. The Bertz CT molecular complexity index is 732. The van der Waals surface area contributed by atoms with Crippen LogP contribution in [0.1, 0.15) is 5.56 Å². The van der Waals surface area contributed by atoms with Gasteiger partial charge in [0.05, 0.1) is 6.42 Å². The molecule has 0 N–H and O–H groups in total. The number of hydrogen-bond donors (Lipinski definition) is 0. The molecule has 0 radical (unpaired) electrons. The minimum absolute atomic E-state index is 0.251. The summed E-state index contributed by atoms with van der Waals surface area (Å²) in [7, 11) is 0. The van der Waals surface area contributed by atoms with Crippen molar-refractivity contribution in [1.82, 2.24) is 0 Å². The summed E-state index contributed by atoms with van der Waals surface area (Å²) in [5, 5.41) is 0. The summed E-state index contributed by atoms with van der Waals surface area (Å²) in [4.78, 5) is 11.9. The highest BCUT2D eigenvalue weighted by molar-refractivity contribution is 5.75. The van der Waals surface area contributed by atoms with Gasteiger partial charge >= 0.3 is 5.97 Å². The number of carbonyl (C=O) groups is 1. The van der Waals surface area contributed by atoms with E-state index in [1.807, 2.05) is 72.8 Å². The quantitative estimate of drug-likeness (QED) is 0.522. The molecule has 2 heteroatoms. The van der Waals surface area contributed by atoms with E-state index in [4.69, 9.17) is 4.74 Å². The van der Waals surface area contributed by atoms with E-state index in [0.717, 1.165) is 16.7 Å². The van der Waals surface area contributed by atoms with Gasteiger partial charge in [0.2, 0.25) is 0 Å². The molecule has 22 heavy (non-hydrogen) atoms. The highest BCUT2D eigenvalue weighted by Gasteiger charge is 2.06. The zero-order valence-corrected chi connectivity index (χ0v) is 12.1. The Hall–Kier alpha value is -2.87. The third-order valence-corrected chi connectivity index (χ3v) is 3.38. The van der Waals surface area contributed by atoms with Crippen molar-refractivity contribution >= 4 is 5.97 Å². The van der Waals surface area contributed by atoms with Crippen LogP contribution in [0.3, 0.4) is 0 Å². The van der Waals surface area contributed by atoms with Crippen LogP contribution in [0.25, 0.3) is 11.1 Å². The Morgan fingerprint density at radius 2 is 1.23 bits per heavy atom. The van der Waals surface area contributed by atoms with Gasteiger partial charge in [0.25, 0.3) is 0 Å². The third kappa shape index (κ3) is 3.61. The fraction of sp³-hybridized carbons (Fsp3) is 0.0500. The molecule has 2 nitrogen and oxygen atoms in total. The first-order valence-corrected chi connectivity index (χ1v) is 7.21. The topological polar surface area (TPSA) is 26.3 Å². The van der Waals surface area contributed by atoms with Crippen LogP contribution in [0.5, 0.6) is 5.75 Å². The molecule has 0 aliphatic heterocycles. The van der Waals surface area contributed by atoms with Crippen LogP contribution in [0.15, 0.2) is 84.9 Å². The summed E-state index contributed by atoms with van der Waals surface area (Å²) in [5.74, 6) is 0.319.